The number of carbonyl (C=O) groups is 1. The lowest BCUT2D eigenvalue weighted by Crippen LogP contribution is -2.37. The van der Waals surface area contributed by atoms with Gasteiger partial charge >= 0.3 is 0 Å². The zero-order valence-corrected chi connectivity index (χ0v) is 15.0. The second-order valence-electron chi connectivity index (χ2n) is 6.01. The minimum Gasteiger partial charge on any atom is -0.459 e. The van der Waals surface area contributed by atoms with Crippen molar-refractivity contribution in [2.75, 3.05) is 13.1 Å². The van der Waals surface area contributed by atoms with E-state index in [1.54, 1.807) is 17.0 Å². The molecule has 2 aromatic heterocycles. The molecule has 1 aliphatic heterocycles. The summed E-state index contributed by atoms with van der Waals surface area (Å²) in [5.41, 5.74) is 0.920. The van der Waals surface area contributed by atoms with Crippen LogP contribution in [0, 0.1) is 0 Å². The summed E-state index contributed by atoms with van der Waals surface area (Å²) in [7, 11) is 0. The summed E-state index contributed by atoms with van der Waals surface area (Å²) in [5.74, 6) is 1.73. The average Bonchev–Trinajstić information content (AvgIpc) is 3.34. The molecule has 1 fully saturated rings. The van der Waals surface area contributed by atoms with Gasteiger partial charge in [0.25, 0.3) is 5.91 Å². The fourth-order valence-electron chi connectivity index (χ4n) is 3.00. The van der Waals surface area contributed by atoms with E-state index in [4.69, 9.17) is 8.94 Å². The van der Waals surface area contributed by atoms with Gasteiger partial charge in [-0.15, -0.1) is 0 Å². The number of hydrogen-bond acceptors (Lipinski definition) is 5. The smallest absolute Gasteiger partial charge is 0.289 e. The molecule has 7 heteroatoms. The van der Waals surface area contributed by atoms with Crippen molar-refractivity contribution in [3.63, 3.8) is 0 Å². The number of amides is 1. The molecule has 1 aromatic carbocycles. The highest BCUT2D eigenvalue weighted by Crippen LogP contribution is 2.29. The van der Waals surface area contributed by atoms with E-state index < -0.39 is 0 Å². The first-order valence-electron chi connectivity index (χ1n) is 8.13. The van der Waals surface area contributed by atoms with Gasteiger partial charge in [-0.25, -0.2) is 0 Å². The van der Waals surface area contributed by atoms with Crippen molar-refractivity contribution in [2.24, 2.45) is 0 Å². The van der Waals surface area contributed by atoms with Gasteiger partial charge in [-0.1, -0.05) is 21.1 Å². The summed E-state index contributed by atoms with van der Waals surface area (Å²) in [6.07, 6.45) is 3.12. The molecular weight excluding hydrogens is 386 g/mol. The van der Waals surface area contributed by atoms with Crippen LogP contribution in [-0.4, -0.2) is 34.0 Å². The van der Waals surface area contributed by atoms with Crippen LogP contribution < -0.4 is 0 Å². The Morgan fingerprint density at radius 1 is 1.16 bits per heavy atom. The van der Waals surface area contributed by atoms with Gasteiger partial charge in [0, 0.05) is 29.0 Å². The molecule has 1 amide bonds. The highest BCUT2D eigenvalue weighted by atomic mass is 79.9. The van der Waals surface area contributed by atoms with Crippen LogP contribution in [0.25, 0.3) is 11.4 Å². The molecule has 3 heterocycles. The van der Waals surface area contributed by atoms with Crippen LogP contribution >= 0.6 is 15.9 Å². The molecule has 1 saturated heterocycles. The van der Waals surface area contributed by atoms with Crippen LogP contribution in [0.15, 0.2) is 56.1 Å². The second-order valence-corrected chi connectivity index (χ2v) is 6.92. The maximum atomic E-state index is 12.3. The summed E-state index contributed by atoms with van der Waals surface area (Å²) in [6.45, 7) is 1.31. The lowest BCUT2D eigenvalue weighted by atomic mass is 9.96. The Labute approximate surface area is 152 Å². The number of carbonyl (C=O) groups excluding carboxylic acids is 1. The zero-order valence-electron chi connectivity index (χ0n) is 13.4. The number of aromatic nitrogens is 2. The third kappa shape index (κ3) is 3.37. The third-order valence-corrected chi connectivity index (χ3v) is 4.94. The topological polar surface area (TPSA) is 72.4 Å². The maximum absolute atomic E-state index is 12.3. The Bertz CT molecular complexity index is 850. The number of nitrogens with zero attached hydrogens (tertiary/aromatic N) is 3. The Kier molecular flexibility index (Phi) is 4.40. The van der Waals surface area contributed by atoms with Crippen molar-refractivity contribution in [2.45, 2.75) is 18.8 Å². The van der Waals surface area contributed by atoms with E-state index in [9.17, 15) is 4.79 Å². The number of likely N-dealkylation sites (tertiary alicyclic amines) is 1. The van der Waals surface area contributed by atoms with Gasteiger partial charge in [0.05, 0.1) is 6.26 Å². The number of benzene rings is 1. The quantitative estimate of drug-likeness (QED) is 0.659. The fraction of sp³-hybridized carbons (Fsp3) is 0.278. The van der Waals surface area contributed by atoms with Crippen LogP contribution in [0.4, 0.5) is 0 Å². The molecule has 0 unspecified atom stereocenters. The maximum Gasteiger partial charge on any atom is 0.289 e. The molecule has 6 nitrogen and oxygen atoms in total. The second kappa shape index (κ2) is 6.84. The van der Waals surface area contributed by atoms with Crippen LogP contribution in [0.3, 0.4) is 0 Å². The van der Waals surface area contributed by atoms with E-state index in [-0.39, 0.29) is 11.8 Å². The highest BCUT2D eigenvalue weighted by Gasteiger charge is 2.29. The molecule has 0 spiro atoms. The summed E-state index contributed by atoms with van der Waals surface area (Å²) in [5, 5.41) is 4.09. The van der Waals surface area contributed by atoms with Gasteiger partial charge in [0.2, 0.25) is 11.7 Å². The first kappa shape index (κ1) is 16.1. The molecule has 3 aromatic rings. The first-order valence-corrected chi connectivity index (χ1v) is 8.92. The van der Waals surface area contributed by atoms with Crippen molar-refractivity contribution < 1.29 is 13.7 Å². The van der Waals surface area contributed by atoms with E-state index in [2.05, 4.69) is 26.1 Å². The molecule has 0 saturated carbocycles. The van der Waals surface area contributed by atoms with Gasteiger partial charge in [-0.05, 0) is 49.2 Å². The number of rotatable bonds is 3. The molecule has 0 atom stereocenters. The van der Waals surface area contributed by atoms with Crippen molar-refractivity contribution in [3.8, 4) is 11.4 Å². The number of piperidine rings is 1. The van der Waals surface area contributed by atoms with Crippen LogP contribution in [0.2, 0.25) is 0 Å². The number of hydrogen-bond donors (Lipinski definition) is 0. The summed E-state index contributed by atoms with van der Waals surface area (Å²) in [6, 6.07) is 11.2. The van der Waals surface area contributed by atoms with E-state index >= 15 is 0 Å². The molecule has 25 heavy (non-hydrogen) atoms. The van der Waals surface area contributed by atoms with Gasteiger partial charge in [0.15, 0.2) is 5.76 Å². The van der Waals surface area contributed by atoms with E-state index in [1.165, 1.54) is 6.26 Å². The third-order valence-electron chi connectivity index (χ3n) is 4.41. The van der Waals surface area contributed by atoms with Gasteiger partial charge in [0.1, 0.15) is 0 Å². The van der Waals surface area contributed by atoms with E-state index in [1.807, 2.05) is 24.3 Å². The largest absolute Gasteiger partial charge is 0.459 e. The molecular formula is C18H16BrN3O3. The Morgan fingerprint density at radius 3 is 2.60 bits per heavy atom. The minimum absolute atomic E-state index is 0.0652. The number of furan rings is 1. The highest BCUT2D eigenvalue weighted by molar-refractivity contribution is 9.10. The summed E-state index contributed by atoms with van der Waals surface area (Å²) < 4.78 is 11.7. The molecule has 1 aliphatic rings. The fourth-order valence-corrected chi connectivity index (χ4v) is 3.27. The average molecular weight is 402 g/mol. The molecule has 0 N–H and O–H groups in total. The standard InChI is InChI=1S/C18H16BrN3O3/c19-14-5-3-12(4-6-14)16-20-17(25-21-16)13-7-9-22(10-8-13)18(23)15-2-1-11-24-15/h1-6,11,13H,7-10H2. The normalized spacial score (nSPS) is 15.5. The Morgan fingerprint density at radius 2 is 1.92 bits per heavy atom. The lowest BCUT2D eigenvalue weighted by Gasteiger charge is -2.29. The monoisotopic (exact) mass is 401 g/mol. The first-order chi connectivity index (χ1) is 12.2. The van der Waals surface area contributed by atoms with Crippen molar-refractivity contribution in [3.05, 3.63) is 58.8 Å². The molecule has 0 bridgehead atoms. The van der Waals surface area contributed by atoms with Crippen LogP contribution in [-0.2, 0) is 0 Å². The Hall–Kier alpha value is -2.41. The summed E-state index contributed by atoms with van der Waals surface area (Å²) in [4.78, 5) is 18.6. The van der Waals surface area contributed by atoms with Crippen molar-refractivity contribution in [1.29, 1.82) is 0 Å². The molecule has 128 valence electrons. The van der Waals surface area contributed by atoms with Gasteiger partial charge in [-0.2, -0.15) is 4.98 Å². The van der Waals surface area contributed by atoms with Gasteiger partial charge < -0.3 is 13.8 Å². The van der Waals surface area contributed by atoms with Crippen LogP contribution in [0.5, 0.6) is 0 Å². The SMILES string of the molecule is O=C(c1ccco1)N1CCC(c2nc(-c3ccc(Br)cc3)no2)CC1. The molecule has 4 rings (SSSR count). The zero-order chi connectivity index (χ0) is 17.2. The summed E-state index contributed by atoms with van der Waals surface area (Å²) >= 11 is 3.41. The van der Waals surface area contributed by atoms with Crippen LogP contribution in [0.1, 0.15) is 35.2 Å². The Balaban J connectivity index is 1.41. The minimum atomic E-state index is -0.0652. The molecule has 0 radical (unpaired) electrons. The van der Waals surface area contributed by atoms with E-state index in [0.717, 1.165) is 22.9 Å². The predicted octanol–water partition coefficient (Wildman–Crippen LogP) is 4.11. The number of halogens is 1. The van der Waals surface area contributed by atoms with Crippen molar-refractivity contribution >= 4 is 21.8 Å². The lowest BCUT2D eigenvalue weighted by molar-refractivity contribution is 0.0672. The molecule has 0 aliphatic carbocycles. The van der Waals surface area contributed by atoms with Gasteiger partial charge in [-0.3, -0.25) is 4.79 Å². The van der Waals surface area contributed by atoms with Crippen molar-refractivity contribution in [1.82, 2.24) is 15.0 Å². The van der Waals surface area contributed by atoms with E-state index in [0.29, 0.717) is 30.6 Å². The predicted molar refractivity (Wildman–Crippen MR) is 94.0 cm³/mol.